The average molecular weight is 167 g/mol. The van der Waals surface area contributed by atoms with E-state index in [2.05, 4.69) is 0 Å². The first-order valence-electron chi connectivity index (χ1n) is 2.81. The van der Waals surface area contributed by atoms with E-state index < -0.39 is 14.6 Å². The fraction of sp³-hybridized carbons (Fsp3) is 0.750. The van der Waals surface area contributed by atoms with Crippen molar-refractivity contribution in [2.24, 2.45) is 0 Å². The fourth-order valence-electron chi connectivity index (χ4n) is 0.420. The van der Waals surface area contributed by atoms with Gasteiger partial charge in [0, 0.05) is 0 Å². The number of hydrogen-bond acceptors (Lipinski definition) is 3. The van der Waals surface area contributed by atoms with E-state index in [-0.39, 0.29) is 11.6 Å². The molecule has 1 unspecified atom stereocenters. The summed E-state index contributed by atoms with van der Waals surface area (Å²) < 4.78 is 9.92. The maximum atomic E-state index is 9.92. The maximum absolute atomic E-state index is 9.92. The van der Waals surface area contributed by atoms with E-state index in [4.69, 9.17) is 10.3 Å². The molecule has 6 heteroatoms. The molecule has 1 atom stereocenters. The first-order chi connectivity index (χ1) is 4.68. The van der Waals surface area contributed by atoms with Crippen molar-refractivity contribution in [3.05, 3.63) is 0 Å². The molecule has 0 saturated heterocycles. The summed E-state index contributed by atoms with van der Waals surface area (Å²) in [7, 11) is -0.832. The van der Waals surface area contributed by atoms with E-state index in [1.165, 1.54) is 0 Å². The van der Waals surface area contributed by atoms with Crippen LogP contribution in [0.1, 0.15) is 6.42 Å². The zero-order chi connectivity index (χ0) is 7.98. The average Bonchev–Trinajstić information content (AvgIpc) is 1.88. The first-order valence-corrected chi connectivity index (χ1v) is 4.10. The molecule has 0 rings (SSSR count). The Morgan fingerprint density at radius 1 is 1.60 bits per heavy atom. The number of hydrogen-bond donors (Lipinski definition) is 2. The second kappa shape index (κ2) is 5.26. The predicted octanol–water partition coefficient (Wildman–Crippen LogP) is 0.502. The minimum atomic E-state index is -1.37. The summed E-state index contributed by atoms with van der Waals surface area (Å²) in [5.74, 6) is 0. The van der Waals surface area contributed by atoms with Gasteiger partial charge in [-0.1, -0.05) is 0 Å². The van der Waals surface area contributed by atoms with Crippen LogP contribution in [0.4, 0.5) is 4.79 Å². The van der Waals surface area contributed by atoms with Crippen molar-refractivity contribution in [2.45, 2.75) is 6.42 Å². The van der Waals surface area contributed by atoms with Crippen molar-refractivity contribution < 1.29 is 19.7 Å². The van der Waals surface area contributed by atoms with E-state index in [1.54, 1.807) is 0 Å². The summed E-state index contributed by atoms with van der Waals surface area (Å²) in [6, 6.07) is 0. The molecule has 0 spiro atoms. The molecular formula is C4H10NO4P. The number of rotatable bonds is 4. The fourth-order valence-corrected chi connectivity index (χ4v) is 0.769. The molecular weight excluding hydrogens is 157 g/mol. The van der Waals surface area contributed by atoms with Crippen LogP contribution in [0.5, 0.6) is 0 Å². The molecule has 2 N–H and O–H groups in total. The highest BCUT2D eigenvalue weighted by molar-refractivity contribution is 7.23. The van der Waals surface area contributed by atoms with Gasteiger partial charge in [-0.2, -0.15) is 5.06 Å². The molecule has 0 aliphatic heterocycles. The van der Waals surface area contributed by atoms with Crippen LogP contribution in [0, 0.1) is 0 Å². The van der Waals surface area contributed by atoms with E-state index in [1.807, 2.05) is 0 Å². The Hall–Kier alpha value is -0.540. The van der Waals surface area contributed by atoms with Gasteiger partial charge in [0.05, 0.1) is 15.0 Å². The van der Waals surface area contributed by atoms with Crippen LogP contribution in [0.2, 0.25) is 0 Å². The number of hydroxylamine groups is 2. The third kappa shape index (κ3) is 4.35. The van der Waals surface area contributed by atoms with Crippen molar-refractivity contribution in [3.8, 4) is 0 Å². The van der Waals surface area contributed by atoms with Crippen molar-refractivity contribution in [1.29, 1.82) is 0 Å². The molecule has 0 aliphatic rings. The Balaban J connectivity index is 3.30. The Morgan fingerprint density at radius 2 is 2.20 bits per heavy atom. The highest BCUT2D eigenvalue weighted by Crippen LogP contribution is 1.96. The quantitative estimate of drug-likeness (QED) is 0.276. The van der Waals surface area contributed by atoms with Crippen LogP contribution < -0.4 is 0 Å². The zero-order valence-electron chi connectivity index (χ0n) is 5.36. The van der Waals surface area contributed by atoms with Crippen LogP contribution in [0.25, 0.3) is 0 Å². The van der Waals surface area contributed by atoms with Gasteiger partial charge >= 0.3 is 6.09 Å². The Bertz CT molecular complexity index is 128. The lowest BCUT2D eigenvalue weighted by molar-refractivity contribution is -0.0632. The van der Waals surface area contributed by atoms with Gasteiger partial charge in [-0.25, -0.2) is 4.79 Å². The van der Waals surface area contributed by atoms with Crippen molar-refractivity contribution in [3.63, 3.8) is 0 Å². The zero-order valence-corrected chi connectivity index (χ0v) is 6.51. The molecule has 0 bridgehead atoms. The molecule has 0 aliphatic carbocycles. The number of nitrogens with zero attached hydrogens (tertiary/aromatic N) is 1. The molecule has 1 amide bonds. The molecule has 5 nitrogen and oxygen atoms in total. The highest BCUT2D eigenvalue weighted by atomic mass is 31.1. The maximum Gasteiger partial charge on any atom is 0.431 e. The highest BCUT2D eigenvalue weighted by Gasteiger charge is 2.04. The number of amides is 1. The van der Waals surface area contributed by atoms with Crippen LogP contribution in [-0.2, 0) is 4.57 Å². The molecule has 0 aromatic carbocycles. The lowest BCUT2D eigenvalue weighted by Crippen LogP contribution is -2.26. The molecule has 0 fully saturated rings. The largest absolute Gasteiger partial charge is 0.463 e. The van der Waals surface area contributed by atoms with Gasteiger partial charge in [0.25, 0.3) is 0 Å². The third-order valence-corrected chi connectivity index (χ3v) is 1.56. The van der Waals surface area contributed by atoms with Gasteiger partial charge in [0.2, 0.25) is 0 Å². The summed E-state index contributed by atoms with van der Waals surface area (Å²) in [5, 5.41) is 16.8. The lowest BCUT2D eigenvalue weighted by atomic mass is 10.5. The van der Waals surface area contributed by atoms with E-state index >= 15 is 0 Å². The Labute approximate surface area is 59.4 Å². The normalized spacial score (nSPS) is 10.5. The minimum Gasteiger partial charge on any atom is -0.463 e. The topological polar surface area (TPSA) is 77.8 Å². The second-order valence-electron chi connectivity index (χ2n) is 1.71. The van der Waals surface area contributed by atoms with Crippen molar-refractivity contribution in [1.82, 2.24) is 5.06 Å². The molecule has 10 heavy (non-hydrogen) atoms. The molecule has 0 aromatic heterocycles. The standard InChI is InChI=1S/C4H10NO4P/c6-4(7)5(8)2-1-3-10-9/h8H,1-3,10H2,(H,6,7). The van der Waals surface area contributed by atoms with Crippen LogP contribution in [-0.4, -0.2) is 34.2 Å². The van der Waals surface area contributed by atoms with Gasteiger partial charge < -0.3 is 9.67 Å². The van der Waals surface area contributed by atoms with E-state index in [0.29, 0.717) is 12.6 Å². The van der Waals surface area contributed by atoms with E-state index in [0.717, 1.165) is 0 Å². The number of carboxylic acid groups (broad SMARTS) is 1. The van der Waals surface area contributed by atoms with Gasteiger partial charge in [0.15, 0.2) is 0 Å². The monoisotopic (exact) mass is 167 g/mol. The van der Waals surface area contributed by atoms with Crippen LogP contribution >= 0.6 is 8.46 Å². The molecule has 0 heterocycles. The summed E-state index contributed by atoms with van der Waals surface area (Å²) in [6.45, 7) is 0.0323. The summed E-state index contributed by atoms with van der Waals surface area (Å²) >= 11 is 0. The van der Waals surface area contributed by atoms with Crippen LogP contribution in [0.3, 0.4) is 0 Å². The molecule has 0 aromatic rings. The third-order valence-electron chi connectivity index (χ3n) is 0.913. The summed E-state index contributed by atoms with van der Waals surface area (Å²) in [4.78, 5) is 9.90. The summed E-state index contributed by atoms with van der Waals surface area (Å²) in [5.41, 5.74) is 0. The number of carbonyl (C=O) groups is 1. The Morgan fingerprint density at radius 3 is 2.60 bits per heavy atom. The van der Waals surface area contributed by atoms with Gasteiger partial charge in [0.1, 0.15) is 0 Å². The molecule has 60 valence electrons. The van der Waals surface area contributed by atoms with Crippen molar-refractivity contribution >= 4 is 14.6 Å². The predicted molar refractivity (Wildman–Crippen MR) is 36.4 cm³/mol. The van der Waals surface area contributed by atoms with Crippen molar-refractivity contribution in [2.75, 3.05) is 12.7 Å². The Kier molecular flexibility index (Phi) is 4.98. The smallest absolute Gasteiger partial charge is 0.431 e. The van der Waals surface area contributed by atoms with Crippen LogP contribution in [0.15, 0.2) is 0 Å². The molecule has 0 radical (unpaired) electrons. The van der Waals surface area contributed by atoms with Gasteiger partial charge in [-0.3, -0.25) is 5.21 Å². The lowest BCUT2D eigenvalue weighted by Gasteiger charge is -2.07. The second-order valence-corrected chi connectivity index (χ2v) is 2.63. The SMILES string of the molecule is O=[PH2]CCCN(O)C(=O)O. The van der Waals surface area contributed by atoms with E-state index in [9.17, 15) is 9.36 Å². The van der Waals surface area contributed by atoms with Gasteiger partial charge in [-0.05, 0) is 12.6 Å². The minimum absolute atomic E-state index is 0.0323. The molecule has 0 saturated carbocycles. The van der Waals surface area contributed by atoms with Gasteiger partial charge in [-0.15, -0.1) is 0 Å². The first kappa shape index (κ1) is 9.46. The summed E-state index contributed by atoms with van der Waals surface area (Å²) in [6.07, 6.45) is -0.452.